The van der Waals surface area contributed by atoms with E-state index in [1.807, 2.05) is 12.1 Å². The van der Waals surface area contributed by atoms with E-state index in [2.05, 4.69) is 36.2 Å². The van der Waals surface area contributed by atoms with Gasteiger partial charge in [-0.25, -0.2) is 0 Å². The average Bonchev–Trinajstić information content (AvgIpc) is 2.49. The van der Waals surface area contributed by atoms with Crippen molar-refractivity contribution in [2.24, 2.45) is 5.41 Å². The number of rotatable bonds is 3. The first-order valence-electron chi connectivity index (χ1n) is 8.48. The molecule has 1 aliphatic carbocycles. The molecule has 1 heterocycles. The molecule has 1 aromatic rings. The van der Waals surface area contributed by atoms with E-state index in [-0.39, 0.29) is 5.41 Å². The first kappa shape index (κ1) is 16.0. The number of allylic oxidation sites excluding steroid dienone is 1. The molecular formula is C19H27ClN2. The molecule has 2 aliphatic rings. The third-order valence-corrected chi connectivity index (χ3v) is 5.32. The Labute approximate surface area is 139 Å². The first-order valence-corrected chi connectivity index (χ1v) is 8.85. The van der Waals surface area contributed by atoms with Gasteiger partial charge in [-0.3, -0.25) is 4.90 Å². The molecule has 0 bridgehead atoms. The number of nitrogens with one attached hydrogen (secondary N) is 1. The summed E-state index contributed by atoms with van der Waals surface area (Å²) in [4.78, 5) is 2.60. The first-order chi connectivity index (χ1) is 10.6. The van der Waals surface area contributed by atoms with Gasteiger partial charge in [0.05, 0.1) is 0 Å². The number of benzene rings is 1. The maximum absolute atomic E-state index is 6.08. The maximum Gasteiger partial charge on any atom is 0.0406 e. The Kier molecular flexibility index (Phi) is 4.91. The SMILES string of the molecule is CC1(C)CCCC(CN2CCNCC2)=C1c1ccc(Cl)cc1. The predicted molar refractivity (Wildman–Crippen MR) is 95.3 cm³/mol. The molecule has 22 heavy (non-hydrogen) atoms. The highest BCUT2D eigenvalue weighted by atomic mass is 35.5. The number of hydrogen-bond acceptors (Lipinski definition) is 2. The lowest BCUT2D eigenvalue weighted by Crippen LogP contribution is -2.44. The van der Waals surface area contributed by atoms with Crippen LogP contribution >= 0.6 is 11.6 Å². The summed E-state index contributed by atoms with van der Waals surface area (Å²) in [5.41, 5.74) is 4.82. The van der Waals surface area contributed by atoms with Crippen LogP contribution in [0.3, 0.4) is 0 Å². The minimum absolute atomic E-state index is 0.259. The molecule has 2 nitrogen and oxygen atoms in total. The largest absolute Gasteiger partial charge is 0.314 e. The number of hydrogen-bond donors (Lipinski definition) is 1. The van der Waals surface area contributed by atoms with E-state index >= 15 is 0 Å². The molecule has 0 radical (unpaired) electrons. The van der Waals surface area contributed by atoms with Crippen molar-refractivity contribution >= 4 is 17.2 Å². The van der Waals surface area contributed by atoms with Crippen LogP contribution in [0.1, 0.15) is 38.7 Å². The summed E-state index contributed by atoms with van der Waals surface area (Å²) in [6, 6.07) is 8.44. The van der Waals surface area contributed by atoms with Gasteiger partial charge >= 0.3 is 0 Å². The van der Waals surface area contributed by atoms with Crippen molar-refractivity contribution in [3.05, 3.63) is 40.4 Å². The molecule has 0 spiro atoms. The van der Waals surface area contributed by atoms with Gasteiger partial charge in [-0.15, -0.1) is 0 Å². The number of nitrogens with zero attached hydrogens (tertiary/aromatic N) is 1. The van der Waals surface area contributed by atoms with E-state index in [9.17, 15) is 0 Å². The highest BCUT2D eigenvalue weighted by molar-refractivity contribution is 6.30. The summed E-state index contributed by atoms with van der Waals surface area (Å²) in [6.07, 6.45) is 3.83. The molecule has 120 valence electrons. The third kappa shape index (κ3) is 3.56. The summed E-state index contributed by atoms with van der Waals surface area (Å²) in [5, 5.41) is 4.27. The fourth-order valence-electron chi connectivity index (χ4n) is 3.98. The average molecular weight is 319 g/mol. The monoisotopic (exact) mass is 318 g/mol. The van der Waals surface area contributed by atoms with Crippen LogP contribution < -0.4 is 5.32 Å². The Bertz CT molecular complexity index is 539. The Morgan fingerprint density at radius 2 is 1.82 bits per heavy atom. The van der Waals surface area contributed by atoms with Crippen LogP contribution in [0.15, 0.2) is 29.8 Å². The van der Waals surface area contributed by atoms with E-state index in [1.165, 1.54) is 24.8 Å². The lowest BCUT2D eigenvalue weighted by molar-refractivity contribution is 0.253. The second kappa shape index (κ2) is 6.74. The molecule has 0 amide bonds. The van der Waals surface area contributed by atoms with E-state index in [0.717, 1.165) is 37.7 Å². The predicted octanol–water partition coefficient (Wildman–Crippen LogP) is 4.21. The summed E-state index contributed by atoms with van der Waals surface area (Å²) in [5.74, 6) is 0. The van der Waals surface area contributed by atoms with Gasteiger partial charge in [-0.2, -0.15) is 0 Å². The summed E-state index contributed by atoms with van der Waals surface area (Å²) in [7, 11) is 0. The molecular weight excluding hydrogens is 292 g/mol. The van der Waals surface area contributed by atoms with Gasteiger partial charge in [0.25, 0.3) is 0 Å². The molecule has 1 saturated heterocycles. The Morgan fingerprint density at radius 3 is 2.50 bits per heavy atom. The normalized spacial score (nSPS) is 22.9. The molecule has 1 aliphatic heterocycles. The standard InChI is InChI=1S/C19H27ClN2/c1-19(2)9-3-4-16(14-22-12-10-21-11-13-22)18(19)15-5-7-17(20)8-6-15/h5-8,21H,3-4,9-14H2,1-2H3. The van der Waals surface area contributed by atoms with E-state index in [4.69, 9.17) is 11.6 Å². The van der Waals surface area contributed by atoms with Crippen LogP contribution in [0.2, 0.25) is 5.02 Å². The van der Waals surface area contributed by atoms with Gasteiger partial charge in [0, 0.05) is 37.7 Å². The lowest BCUT2D eigenvalue weighted by Gasteiger charge is -2.38. The van der Waals surface area contributed by atoms with Gasteiger partial charge in [0.1, 0.15) is 0 Å². The van der Waals surface area contributed by atoms with Crippen LogP contribution in [0, 0.1) is 5.41 Å². The second-order valence-electron chi connectivity index (χ2n) is 7.25. The molecule has 0 saturated carbocycles. The Balaban J connectivity index is 1.93. The molecule has 1 N–H and O–H groups in total. The zero-order valence-corrected chi connectivity index (χ0v) is 14.5. The second-order valence-corrected chi connectivity index (χ2v) is 7.69. The van der Waals surface area contributed by atoms with Crippen molar-refractivity contribution in [3.63, 3.8) is 0 Å². The molecule has 0 atom stereocenters. The third-order valence-electron chi connectivity index (χ3n) is 5.07. The number of piperazine rings is 1. The molecule has 3 heteroatoms. The van der Waals surface area contributed by atoms with Crippen molar-refractivity contribution in [1.29, 1.82) is 0 Å². The minimum Gasteiger partial charge on any atom is -0.314 e. The van der Waals surface area contributed by atoms with Crippen molar-refractivity contribution in [1.82, 2.24) is 10.2 Å². The van der Waals surface area contributed by atoms with Crippen molar-refractivity contribution < 1.29 is 0 Å². The van der Waals surface area contributed by atoms with Crippen LogP contribution in [-0.2, 0) is 0 Å². The van der Waals surface area contributed by atoms with Crippen molar-refractivity contribution in [2.75, 3.05) is 32.7 Å². The van der Waals surface area contributed by atoms with Gasteiger partial charge in [-0.05, 0) is 47.9 Å². The molecule has 1 fully saturated rings. The van der Waals surface area contributed by atoms with Gasteiger partial charge in [-0.1, -0.05) is 43.2 Å². The zero-order valence-electron chi connectivity index (χ0n) is 13.8. The van der Waals surface area contributed by atoms with E-state index in [1.54, 1.807) is 11.1 Å². The maximum atomic E-state index is 6.08. The molecule has 1 aromatic carbocycles. The fourth-order valence-corrected chi connectivity index (χ4v) is 4.11. The quantitative estimate of drug-likeness (QED) is 0.898. The van der Waals surface area contributed by atoms with E-state index in [0.29, 0.717) is 0 Å². The van der Waals surface area contributed by atoms with Crippen molar-refractivity contribution in [2.45, 2.75) is 33.1 Å². The molecule has 3 rings (SSSR count). The molecule has 0 unspecified atom stereocenters. The Morgan fingerprint density at radius 1 is 1.14 bits per heavy atom. The highest BCUT2D eigenvalue weighted by Gasteiger charge is 2.31. The number of halogens is 1. The summed E-state index contributed by atoms with van der Waals surface area (Å²) < 4.78 is 0. The van der Waals surface area contributed by atoms with Crippen LogP contribution in [0.4, 0.5) is 0 Å². The van der Waals surface area contributed by atoms with Gasteiger partial charge in [0.2, 0.25) is 0 Å². The van der Waals surface area contributed by atoms with Crippen molar-refractivity contribution in [3.8, 4) is 0 Å². The summed E-state index contributed by atoms with van der Waals surface area (Å²) in [6.45, 7) is 10.5. The summed E-state index contributed by atoms with van der Waals surface area (Å²) >= 11 is 6.08. The van der Waals surface area contributed by atoms with Gasteiger partial charge < -0.3 is 5.32 Å². The van der Waals surface area contributed by atoms with E-state index < -0.39 is 0 Å². The van der Waals surface area contributed by atoms with Gasteiger partial charge in [0.15, 0.2) is 0 Å². The fraction of sp³-hybridized carbons (Fsp3) is 0.579. The van der Waals surface area contributed by atoms with Crippen LogP contribution in [0.25, 0.3) is 5.57 Å². The lowest BCUT2D eigenvalue weighted by atomic mass is 9.70. The smallest absolute Gasteiger partial charge is 0.0406 e. The Hall–Kier alpha value is -0.830. The minimum atomic E-state index is 0.259. The van der Waals surface area contributed by atoms with Crippen LogP contribution in [0.5, 0.6) is 0 Å². The molecule has 0 aromatic heterocycles. The topological polar surface area (TPSA) is 15.3 Å². The zero-order chi connectivity index (χ0) is 15.6. The highest BCUT2D eigenvalue weighted by Crippen LogP contribution is 2.46. The van der Waals surface area contributed by atoms with Crippen LogP contribution in [-0.4, -0.2) is 37.6 Å².